The Hall–Kier alpha value is -3.59. The predicted molar refractivity (Wildman–Crippen MR) is 133 cm³/mol. The van der Waals surface area contributed by atoms with Crippen LogP contribution in [0.15, 0.2) is 54.9 Å². The highest BCUT2D eigenvalue weighted by atomic mass is 35.5. The van der Waals surface area contributed by atoms with Crippen molar-refractivity contribution < 1.29 is 22.6 Å². The first-order valence-electron chi connectivity index (χ1n) is 11.8. The van der Waals surface area contributed by atoms with Crippen LogP contribution >= 0.6 is 11.6 Å². The van der Waals surface area contributed by atoms with E-state index in [1.165, 1.54) is 18.9 Å². The van der Waals surface area contributed by atoms with E-state index in [0.717, 1.165) is 47.1 Å². The Bertz CT molecular complexity index is 1400. The fraction of sp³-hybridized carbons (Fsp3) is 0.296. The molecule has 0 radical (unpaired) electrons. The first-order valence-corrected chi connectivity index (χ1v) is 12.1. The monoisotopic (exact) mass is 528 g/mol. The Balaban J connectivity index is 1.41. The fourth-order valence-electron chi connectivity index (χ4n) is 4.10. The quantitative estimate of drug-likeness (QED) is 0.231. The number of pyridine rings is 2. The van der Waals surface area contributed by atoms with E-state index in [1.807, 2.05) is 19.1 Å². The van der Waals surface area contributed by atoms with Crippen LogP contribution in [0.5, 0.6) is 11.5 Å². The van der Waals surface area contributed by atoms with Gasteiger partial charge in [0.2, 0.25) is 0 Å². The van der Waals surface area contributed by atoms with Crippen molar-refractivity contribution >= 4 is 11.6 Å². The van der Waals surface area contributed by atoms with E-state index in [1.54, 1.807) is 31.5 Å². The van der Waals surface area contributed by atoms with E-state index >= 15 is 0 Å². The Kier molecular flexibility index (Phi) is 6.81. The Morgan fingerprint density at radius 3 is 2.49 bits per heavy atom. The number of hydrogen-bond acceptors (Lipinski definition) is 5. The van der Waals surface area contributed by atoms with Gasteiger partial charge >= 0.3 is 6.18 Å². The predicted octanol–water partition coefficient (Wildman–Crippen LogP) is 6.99. The van der Waals surface area contributed by atoms with Gasteiger partial charge in [-0.05, 0) is 56.0 Å². The van der Waals surface area contributed by atoms with Crippen molar-refractivity contribution in [2.45, 2.75) is 39.1 Å². The van der Waals surface area contributed by atoms with Gasteiger partial charge in [0.1, 0.15) is 34.8 Å². The molecule has 1 aliphatic carbocycles. The number of methoxy groups -OCH3 is 1. The molecule has 0 N–H and O–H groups in total. The summed E-state index contributed by atoms with van der Waals surface area (Å²) in [6, 6.07) is 11.4. The van der Waals surface area contributed by atoms with Crippen LogP contribution in [0.25, 0.3) is 22.6 Å². The van der Waals surface area contributed by atoms with Crippen LogP contribution in [0.2, 0.25) is 5.15 Å². The molecular formula is C27H24ClF3N4O2. The average Bonchev–Trinajstić information content (AvgIpc) is 3.66. The molecule has 0 saturated heterocycles. The molecule has 0 unspecified atom stereocenters. The van der Waals surface area contributed by atoms with Gasteiger partial charge < -0.3 is 14.0 Å². The lowest BCUT2D eigenvalue weighted by Gasteiger charge is -2.12. The van der Waals surface area contributed by atoms with Gasteiger partial charge in [0.25, 0.3) is 0 Å². The van der Waals surface area contributed by atoms with E-state index < -0.39 is 11.9 Å². The molecule has 1 fully saturated rings. The number of aromatic nitrogens is 4. The lowest BCUT2D eigenvalue weighted by molar-refractivity contribution is -0.141. The minimum absolute atomic E-state index is 0.0659. The highest BCUT2D eigenvalue weighted by Gasteiger charge is 2.32. The fourth-order valence-corrected chi connectivity index (χ4v) is 4.21. The van der Waals surface area contributed by atoms with Crippen molar-refractivity contribution in [3.63, 3.8) is 0 Å². The molecule has 1 saturated carbocycles. The van der Waals surface area contributed by atoms with Crippen LogP contribution in [0, 0.1) is 12.8 Å². The summed E-state index contributed by atoms with van der Waals surface area (Å²) in [6.45, 7) is 2.98. The summed E-state index contributed by atoms with van der Waals surface area (Å²) in [4.78, 5) is 12.7. The molecule has 10 heteroatoms. The Labute approximate surface area is 217 Å². The van der Waals surface area contributed by atoms with E-state index in [4.69, 9.17) is 26.1 Å². The zero-order valence-electron chi connectivity index (χ0n) is 20.2. The molecule has 0 bridgehead atoms. The van der Waals surface area contributed by atoms with Gasteiger partial charge in [0, 0.05) is 47.4 Å². The third-order valence-corrected chi connectivity index (χ3v) is 6.52. The van der Waals surface area contributed by atoms with Crippen LogP contribution in [0.4, 0.5) is 13.2 Å². The van der Waals surface area contributed by atoms with Crippen LogP contribution in [-0.2, 0) is 19.3 Å². The van der Waals surface area contributed by atoms with Gasteiger partial charge in [-0.15, -0.1) is 0 Å². The number of rotatable bonds is 8. The summed E-state index contributed by atoms with van der Waals surface area (Å²) in [6.07, 6.45) is 0.819. The maximum absolute atomic E-state index is 12.7. The van der Waals surface area contributed by atoms with Crippen LogP contribution in [0.1, 0.15) is 29.8 Å². The van der Waals surface area contributed by atoms with Gasteiger partial charge in [-0.3, -0.25) is 4.98 Å². The zero-order valence-corrected chi connectivity index (χ0v) is 21.0. The van der Waals surface area contributed by atoms with Crippen LogP contribution in [0.3, 0.4) is 0 Å². The average molecular weight is 529 g/mol. The second kappa shape index (κ2) is 10.0. The van der Waals surface area contributed by atoms with Gasteiger partial charge in [0.05, 0.1) is 12.8 Å². The molecule has 1 aromatic carbocycles. The summed E-state index contributed by atoms with van der Waals surface area (Å²) in [5.74, 6) is 2.54. The summed E-state index contributed by atoms with van der Waals surface area (Å²) in [5, 5.41) is 0.422. The molecule has 3 heterocycles. The molecule has 0 aliphatic heterocycles. The largest absolute Gasteiger partial charge is 0.496 e. The zero-order chi connectivity index (χ0) is 26.2. The summed E-state index contributed by atoms with van der Waals surface area (Å²) in [7, 11) is 1.57. The highest BCUT2D eigenvalue weighted by molar-refractivity contribution is 6.29. The second-order valence-corrected chi connectivity index (χ2v) is 9.38. The molecule has 0 atom stereocenters. The third kappa shape index (κ3) is 5.56. The molecule has 0 spiro atoms. The number of alkyl halides is 3. The Morgan fingerprint density at radius 1 is 1.05 bits per heavy atom. The number of halogens is 4. The summed E-state index contributed by atoms with van der Waals surface area (Å²) in [5.41, 5.74) is 3.07. The number of imidazole rings is 1. The second-order valence-electron chi connectivity index (χ2n) is 8.99. The van der Waals surface area contributed by atoms with Crippen molar-refractivity contribution in [3.8, 4) is 34.1 Å². The molecular weight excluding hydrogens is 505 g/mol. The van der Waals surface area contributed by atoms with Crippen molar-refractivity contribution in [2.24, 2.45) is 5.92 Å². The van der Waals surface area contributed by atoms with Crippen molar-refractivity contribution in [3.05, 3.63) is 77.0 Å². The summed E-state index contributed by atoms with van der Waals surface area (Å²) < 4.78 is 51.9. The lowest BCUT2D eigenvalue weighted by atomic mass is 10.1. The SMILES string of the molecule is COc1cc(OCc2ccc(C(F)(F)F)nc2)ccc1-c1nc(-c2ccc(Cl)nc2)n(CC2CC2)c1C. The molecule has 6 nitrogen and oxygen atoms in total. The molecule has 0 amide bonds. The third-order valence-electron chi connectivity index (χ3n) is 6.29. The first-order chi connectivity index (χ1) is 17.7. The maximum Gasteiger partial charge on any atom is 0.433 e. The number of ether oxygens (including phenoxy) is 2. The Morgan fingerprint density at radius 2 is 1.86 bits per heavy atom. The molecule has 1 aliphatic rings. The topological polar surface area (TPSA) is 62.1 Å². The number of benzene rings is 1. The minimum Gasteiger partial charge on any atom is -0.496 e. The molecule has 4 aromatic rings. The molecule has 37 heavy (non-hydrogen) atoms. The van der Waals surface area contributed by atoms with Crippen molar-refractivity contribution in [2.75, 3.05) is 7.11 Å². The normalized spacial score (nSPS) is 13.6. The van der Waals surface area contributed by atoms with Gasteiger partial charge in [-0.2, -0.15) is 13.2 Å². The molecule has 5 rings (SSSR count). The van der Waals surface area contributed by atoms with Gasteiger partial charge in [0.15, 0.2) is 0 Å². The van der Waals surface area contributed by atoms with Gasteiger partial charge in [-0.1, -0.05) is 17.7 Å². The van der Waals surface area contributed by atoms with E-state index in [9.17, 15) is 13.2 Å². The molecule has 192 valence electrons. The smallest absolute Gasteiger partial charge is 0.433 e. The van der Waals surface area contributed by atoms with E-state index in [0.29, 0.717) is 28.1 Å². The van der Waals surface area contributed by atoms with Crippen LogP contribution in [-0.4, -0.2) is 26.6 Å². The first kappa shape index (κ1) is 25.1. The van der Waals surface area contributed by atoms with Gasteiger partial charge in [-0.25, -0.2) is 9.97 Å². The number of hydrogen-bond donors (Lipinski definition) is 0. The molecule has 3 aromatic heterocycles. The summed E-state index contributed by atoms with van der Waals surface area (Å²) >= 11 is 5.99. The van der Waals surface area contributed by atoms with Crippen molar-refractivity contribution in [1.29, 1.82) is 0 Å². The lowest BCUT2D eigenvalue weighted by Crippen LogP contribution is -2.08. The highest BCUT2D eigenvalue weighted by Crippen LogP contribution is 2.39. The van der Waals surface area contributed by atoms with Crippen LogP contribution < -0.4 is 9.47 Å². The number of nitrogens with zero attached hydrogens (tertiary/aromatic N) is 4. The minimum atomic E-state index is -4.48. The van der Waals surface area contributed by atoms with Crippen molar-refractivity contribution in [1.82, 2.24) is 19.5 Å². The standard InChI is InChI=1S/C27H24ClF3N4O2/c1-16-25(34-26(35(16)14-17-3-4-17)19-6-10-24(28)33-13-19)21-8-7-20(11-22(21)36-2)37-15-18-5-9-23(32-12-18)27(29,30)31/h5-13,17H,3-4,14-15H2,1-2H3. The van der Waals surface area contributed by atoms with E-state index in [2.05, 4.69) is 14.5 Å². The van der Waals surface area contributed by atoms with E-state index in [-0.39, 0.29) is 6.61 Å². The maximum atomic E-state index is 12.7.